The summed E-state index contributed by atoms with van der Waals surface area (Å²) in [6.07, 6.45) is 4.56. The van der Waals surface area contributed by atoms with Crippen LogP contribution < -0.4 is 5.32 Å². The first-order chi connectivity index (χ1) is 9.00. The van der Waals surface area contributed by atoms with Crippen LogP contribution in [0.4, 0.5) is 0 Å². The van der Waals surface area contributed by atoms with Gasteiger partial charge in [-0.15, -0.1) is 0 Å². The van der Waals surface area contributed by atoms with E-state index in [1.54, 1.807) is 0 Å². The van der Waals surface area contributed by atoms with Gasteiger partial charge in [0.05, 0.1) is 11.5 Å². The fourth-order valence-electron chi connectivity index (χ4n) is 3.45. The van der Waals surface area contributed by atoms with Crippen LogP contribution in [0, 0.1) is 5.92 Å². The first-order valence-electron chi connectivity index (χ1n) is 7.69. The van der Waals surface area contributed by atoms with E-state index in [0.717, 1.165) is 6.42 Å². The molecule has 112 valence electrons. The molecule has 19 heavy (non-hydrogen) atoms. The van der Waals surface area contributed by atoms with E-state index >= 15 is 0 Å². The summed E-state index contributed by atoms with van der Waals surface area (Å²) in [4.78, 5) is 2.55. The lowest BCUT2D eigenvalue weighted by atomic mass is 9.91. The summed E-state index contributed by atoms with van der Waals surface area (Å²) < 4.78 is 23.0. The van der Waals surface area contributed by atoms with Crippen LogP contribution >= 0.6 is 0 Å². The molecular weight excluding hydrogens is 260 g/mol. The van der Waals surface area contributed by atoms with Crippen molar-refractivity contribution in [2.24, 2.45) is 5.92 Å². The van der Waals surface area contributed by atoms with Gasteiger partial charge >= 0.3 is 0 Å². The number of sulfone groups is 1. The van der Waals surface area contributed by atoms with Gasteiger partial charge in [0.25, 0.3) is 0 Å². The normalized spacial score (nSPS) is 33.4. The number of likely N-dealkylation sites (tertiary alicyclic amines) is 1. The SMILES string of the molecule is CCCN1CCCC(C(C)NC2CCS(=O)(=O)C2)C1. The van der Waals surface area contributed by atoms with Gasteiger partial charge in [-0.25, -0.2) is 8.42 Å². The Balaban J connectivity index is 1.81. The van der Waals surface area contributed by atoms with Crippen LogP contribution in [0.3, 0.4) is 0 Å². The van der Waals surface area contributed by atoms with E-state index in [0.29, 0.717) is 23.5 Å². The number of hydrogen-bond acceptors (Lipinski definition) is 4. The molecule has 0 aromatic rings. The van der Waals surface area contributed by atoms with Gasteiger partial charge in [-0.05, 0) is 51.6 Å². The van der Waals surface area contributed by atoms with Gasteiger partial charge in [-0.1, -0.05) is 6.92 Å². The summed E-state index contributed by atoms with van der Waals surface area (Å²) >= 11 is 0. The Kier molecular flexibility index (Phi) is 5.26. The summed E-state index contributed by atoms with van der Waals surface area (Å²) in [5, 5.41) is 3.56. The maximum atomic E-state index is 11.5. The zero-order valence-corrected chi connectivity index (χ0v) is 13.1. The Labute approximate surface area is 117 Å². The van der Waals surface area contributed by atoms with Crippen LogP contribution in [0.1, 0.15) is 39.5 Å². The minimum Gasteiger partial charge on any atom is -0.310 e. The van der Waals surface area contributed by atoms with Crippen LogP contribution in [-0.4, -0.2) is 56.5 Å². The van der Waals surface area contributed by atoms with Crippen molar-refractivity contribution < 1.29 is 8.42 Å². The lowest BCUT2D eigenvalue weighted by molar-refractivity contribution is 0.148. The fraction of sp³-hybridized carbons (Fsp3) is 1.00. The molecule has 0 radical (unpaired) electrons. The average Bonchev–Trinajstić information content (AvgIpc) is 2.69. The largest absolute Gasteiger partial charge is 0.310 e. The number of nitrogens with one attached hydrogen (secondary N) is 1. The Morgan fingerprint density at radius 3 is 2.79 bits per heavy atom. The molecule has 2 fully saturated rings. The lowest BCUT2D eigenvalue weighted by Crippen LogP contribution is -2.47. The molecule has 5 heteroatoms. The molecule has 0 aliphatic carbocycles. The van der Waals surface area contributed by atoms with E-state index in [-0.39, 0.29) is 6.04 Å². The van der Waals surface area contributed by atoms with Crippen LogP contribution in [-0.2, 0) is 9.84 Å². The number of hydrogen-bond donors (Lipinski definition) is 1. The van der Waals surface area contributed by atoms with Crippen molar-refractivity contribution in [1.82, 2.24) is 10.2 Å². The molecule has 0 aromatic heterocycles. The molecule has 0 saturated carbocycles. The maximum Gasteiger partial charge on any atom is 0.151 e. The minimum atomic E-state index is -2.76. The average molecular weight is 288 g/mol. The molecule has 0 aromatic carbocycles. The number of nitrogens with zero attached hydrogens (tertiary/aromatic N) is 1. The molecular formula is C14H28N2O2S. The molecule has 2 aliphatic heterocycles. The standard InChI is InChI=1S/C14H28N2O2S/c1-3-7-16-8-4-5-13(10-16)12(2)15-14-6-9-19(17,18)11-14/h12-15H,3-11H2,1-2H3. The molecule has 3 atom stereocenters. The second kappa shape index (κ2) is 6.55. The predicted molar refractivity (Wildman–Crippen MR) is 79.1 cm³/mol. The third kappa shape index (κ3) is 4.43. The van der Waals surface area contributed by atoms with Crippen LogP contribution in [0.25, 0.3) is 0 Å². The Bertz CT molecular complexity index is 381. The molecule has 2 heterocycles. The monoisotopic (exact) mass is 288 g/mol. The summed E-state index contributed by atoms with van der Waals surface area (Å²) in [7, 11) is -2.76. The molecule has 0 amide bonds. The van der Waals surface area contributed by atoms with Gasteiger partial charge in [-0.3, -0.25) is 0 Å². The van der Waals surface area contributed by atoms with E-state index in [1.165, 1.54) is 38.9 Å². The summed E-state index contributed by atoms with van der Waals surface area (Å²) in [5.41, 5.74) is 0. The van der Waals surface area contributed by atoms with Crippen LogP contribution in [0.5, 0.6) is 0 Å². The first-order valence-corrected chi connectivity index (χ1v) is 9.51. The quantitative estimate of drug-likeness (QED) is 0.828. The van der Waals surface area contributed by atoms with E-state index in [1.807, 2.05) is 0 Å². The van der Waals surface area contributed by atoms with Crippen molar-refractivity contribution in [3.8, 4) is 0 Å². The van der Waals surface area contributed by atoms with Gasteiger partial charge in [0.1, 0.15) is 0 Å². The smallest absolute Gasteiger partial charge is 0.151 e. The molecule has 2 aliphatic rings. The second-order valence-corrected chi connectivity index (χ2v) is 8.49. The van der Waals surface area contributed by atoms with E-state index < -0.39 is 9.84 Å². The topological polar surface area (TPSA) is 49.4 Å². The third-order valence-corrected chi connectivity index (χ3v) is 6.29. The molecule has 0 spiro atoms. The van der Waals surface area contributed by atoms with Gasteiger partial charge in [0.2, 0.25) is 0 Å². The fourth-order valence-corrected chi connectivity index (χ4v) is 5.14. The summed E-state index contributed by atoms with van der Waals surface area (Å²) in [5.74, 6) is 1.37. The maximum absolute atomic E-state index is 11.5. The second-order valence-electron chi connectivity index (χ2n) is 6.26. The predicted octanol–water partition coefficient (Wildman–Crippen LogP) is 1.27. The Morgan fingerprint density at radius 1 is 1.37 bits per heavy atom. The highest BCUT2D eigenvalue weighted by Crippen LogP contribution is 2.21. The summed E-state index contributed by atoms with van der Waals surface area (Å²) in [6, 6.07) is 0.611. The van der Waals surface area contributed by atoms with Gasteiger partial charge in [0, 0.05) is 18.6 Å². The Morgan fingerprint density at radius 2 is 2.16 bits per heavy atom. The molecule has 0 bridgehead atoms. The van der Waals surface area contributed by atoms with Crippen molar-refractivity contribution in [2.45, 2.75) is 51.6 Å². The number of rotatable bonds is 5. The van der Waals surface area contributed by atoms with Crippen LogP contribution in [0.2, 0.25) is 0 Å². The Hall–Kier alpha value is -0.130. The molecule has 2 saturated heterocycles. The zero-order valence-electron chi connectivity index (χ0n) is 12.3. The first kappa shape index (κ1) is 15.3. The van der Waals surface area contributed by atoms with Gasteiger partial charge in [-0.2, -0.15) is 0 Å². The molecule has 2 rings (SSSR count). The number of piperidine rings is 1. The molecule has 1 N–H and O–H groups in total. The van der Waals surface area contributed by atoms with Crippen molar-refractivity contribution in [1.29, 1.82) is 0 Å². The molecule has 4 nitrogen and oxygen atoms in total. The minimum absolute atomic E-state index is 0.182. The highest BCUT2D eigenvalue weighted by atomic mass is 32.2. The lowest BCUT2D eigenvalue weighted by Gasteiger charge is -2.36. The zero-order chi connectivity index (χ0) is 13.9. The van der Waals surface area contributed by atoms with Gasteiger partial charge < -0.3 is 10.2 Å². The van der Waals surface area contributed by atoms with Crippen molar-refractivity contribution in [2.75, 3.05) is 31.1 Å². The van der Waals surface area contributed by atoms with E-state index in [2.05, 4.69) is 24.1 Å². The highest BCUT2D eigenvalue weighted by molar-refractivity contribution is 7.91. The molecule has 3 unspecified atom stereocenters. The van der Waals surface area contributed by atoms with Crippen molar-refractivity contribution in [3.63, 3.8) is 0 Å². The van der Waals surface area contributed by atoms with E-state index in [4.69, 9.17) is 0 Å². The van der Waals surface area contributed by atoms with Crippen LogP contribution in [0.15, 0.2) is 0 Å². The third-order valence-electron chi connectivity index (χ3n) is 4.52. The highest BCUT2D eigenvalue weighted by Gasteiger charge is 2.31. The van der Waals surface area contributed by atoms with Crippen molar-refractivity contribution >= 4 is 9.84 Å². The van der Waals surface area contributed by atoms with E-state index in [9.17, 15) is 8.42 Å². The van der Waals surface area contributed by atoms with Crippen molar-refractivity contribution in [3.05, 3.63) is 0 Å². The summed E-state index contributed by atoms with van der Waals surface area (Å²) in [6.45, 7) is 8.05. The van der Waals surface area contributed by atoms with Gasteiger partial charge in [0.15, 0.2) is 9.84 Å².